The van der Waals surface area contributed by atoms with E-state index < -0.39 is 0 Å². The Morgan fingerprint density at radius 1 is 1.38 bits per heavy atom. The number of nitrogens with one attached hydrogen (secondary N) is 1. The molecule has 0 aliphatic heterocycles. The molecule has 0 amide bonds. The fourth-order valence-electron chi connectivity index (χ4n) is 2.44. The van der Waals surface area contributed by atoms with Crippen molar-refractivity contribution in [3.63, 3.8) is 0 Å². The third kappa shape index (κ3) is 2.06. The molecule has 0 aromatic heterocycles. The number of likely N-dealkylation sites (N-methyl/N-ethyl adjacent to an activating group) is 1. The van der Waals surface area contributed by atoms with E-state index in [0.717, 1.165) is 18.6 Å². The molecule has 1 aliphatic carbocycles. The molecule has 2 rings (SSSR count). The van der Waals surface area contributed by atoms with Crippen molar-refractivity contribution in [1.82, 2.24) is 5.32 Å². The van der Waals surface area contributed by atoms with Crippen molar-refractivity contribution in [3.8, 4) is 5.75 Å². The van der Waals surface area contributed by atoms with Crippen molar-refractivity contribution in [1.29, 1.82) is 0 Å². The Morgan fingerprint density at radius 2 is 2.19 bits per heavy atom. The Labute approximate surface area is 102 Å². The molecule has 88 valence electrons. The molecule has 0 bridgehead atoms. The van der Waals surface area contributed by atoms with Gasteiger partial charge >= 0.3 is 0 Å². The molecule has 0 radical (unpaired) electrons. The lowest BCUT2D eigenvalue weighted by atomic mass is 9.87. The van der Waals surface area contributed by atoms with Gasteiger partial charge in [0.25, 0.3) is 0 Å². The van der Waals surface area contributed by atoms with Gasteiger partial charge in [0, 0.05) is 10.9 Å². The number of methoxy groups -OCH3 is 1. The van der Waals surface area contributed by atoms with Gasteiger partial charge in [0.1, 0.15) is 5.75 Å². The van der Waals surface area contributed by atoms with Gasteiger partial charge in [-0.05, 0) is 55.8 Å². The highest BCUT2D eigenvalue weighted by Crippen LogP contribution is 2.35. The average Bonchev–Trinajstić information content (AvgIpc) is 2.36. The zero-order valence-corrected chi connectivity index (χ0v) is 11.0. The van der Waals surface area contributed by atoms with Gasteiger partial charge < -0.3 is 10.1 Å². The van der Waals surface area contributed by atoms with Crippen LogP contribution in [0.2, 0.25) is 0 Å². The SMILES string of the molecule is CNC1CCc2c(OC)ccc(SC)c2C1. The number of hydrogen-bond donors (Lipinski definition) is 1. The lowest BCUT2D eigenvalue weighted by Gasteiger charge is -2.27. The van der Waals surface area contributed by atoms with Gasteiger partial charge in [-0.1, -0.05) is 0 Å². The van der Waals surface area contributed by atoms with Crippen molar-refractivity contribution in [2.45, 2.75) is 30.2 Å². The number of hydrogen-bond acceptors (Lipinski definition) is 3. The summed E-state index contributed by atoms with van der Waals surface area (Å²) in [5.74, 6) is 1.06. The van der Waals surface area contributed by atoms with Gasteiger partial charge in [-0.25, -0.2) is 0 Å². The Bertz CT molecular complexity index is 378. The number of rotatable bonds is 3. The van der Waals surface area contributed by atoms with Crippen LogP contribution in [-0.2, 0) is 12.8 Å². The second kappa shape index (κ2) is 5.11. The molecule has 2 nitrogen and oxygen atoms in total. The maximum atomic E-state index is 5.45. The third-order valence-corrected chi connectivity index (χ3v) is 4.21. The van der Waals surface area contributed by atoms with Crippen LogP contribution in [0, 0.1) is 0 Å². The van der Waals surface area contributed by atoms with E-state index in [1.165, 1.54) is 22.4 Å². The van der Waals surface area contributed by atoms with Crippen LogP contribution in [0.25, 0.3) is 0 Å². The first-order valence-corrected chi connectivity index (χ1v) is 6.92. The number of benzene rings is 1. The molecular weight excluding hydrogens is 218 g/mol. The first-order valence-electron chi connectivity index (χ1n) is 5.70. The van der Waals surface area contributed by atoms with Gasteiger partial charge in [0.2, 0.25) is 0 Å². The van der Waals surface area contributed by atoms with Crippen molar-refractivity contribution in [3.05, 3.63) is 23.3 Å². The van der Waals surface area contributed by atoms with E-state index in [1.807, 2.05) is 11.8 Å². The Morgan fingerprint density at radius 3 is 2.81 bits per heavy atom. The summed E-state index contributed by atoms with van der Waals surface area (Å²) in [5.41, 5.74) is 2.90. The largest absolute Gasteiger partial charge is 0.496 e. The van der Waals surface area contributed by atoms with E-state index in [9.17, 15) is 0 Å². The quantitative estimate of drug-likeness (QED) is 0.816. The molecule has 1 aromatic rings. The lowest BCUT2D eigenvalue weighted by molar-refractivity contribution is 0.399. The fraction of sp³-hybridized carbons (Fsp3) is 0.538. The molecule has 0 saturated heterocycles. The van der Waals surface area contributed by atoms with Crippen LogP contribution in [0.1, 0.15) is 17.5 Å². The smallest absolute Gasteiger partial charge is 0.122 e. The fourth-order valence-corrected chi connectivity index (χ4v) is 3.10. The first kappa shape index (κ1) is 11.8. The van der Waals surface area contributed by atoms with E-state index in [4.69, 9.17) is 4.74 Å². The number of fused-ring (bicyclic) bond motifs is 1. The molecule has 1 unspecified atom stereocenters. The minimum atomic E-state index is 0.616. The van der Waals surface area contributed by atoms with Gasteiger partial charge in [0.15, 0.2) is 0 Å². The highest BCUT2D eigenvalue weighted by molar-refractivity contribution is 7.98. The summed E-state index contributed by atoms with van der Waals surface area (Å²) in [6.45, 7) is 0. The standard InChI is InChI=1S/C13H19NOS/c1-14-9-4-5-10-11(8-9)13(16-3)7-6-12(10)15-2/h6-7,9,14H,4-5,8H2,1-3H3. The Balaban J connectivity index is 2.42. The average molecular weight is 237 g/mol. The van der Waals surface area contributed by atoms with Crippen molar-refractivity contribution in [2.75, 3.05) is 20.4 Å². The predicted octanol–water partition coefficient (Wildman–Crippen LogP) is 2.49. The van der Waals surface area contributed by atoms with Crippen LogP contribution in [0.15, 0.2) is 17.0 Å². The Hall–Kier alpha value is -0.670. The van der Waals surface area contributed by atoms with Crippen LogP contribution in [-0.4, -0.2) is 26.5 Å². The maximum absolute atomic E-state index is 5.45. The second-order valence-electron chi connectivity index (χ2n) is 4.16. The molecule has 16 heavy (non-hydrogen) atoms. The van der Waals surface area contributed by atoms with Crippen molar-refractivity contribution >= 4 is 11.8 Å². The number of thioether (sulfide) groups is 1. The Kier molecular flexibility index (Phi) is 3.77. The number of ether oxygens (including phenoxy) is 1. The lowest BCUT2D eigenvalue weighted by Crippen LogP contribution is -2.32. The molecule has 0 heterocycles. The van der Waals surface area contributed by atoms with E-state index in [2.05, 4.69) is 30.8 Å². The highest BCUT2D eigenvalue weighted by Gasteiger charge is 2.22. The zero-order chi connectivity index (χ0) is 11.5. The summed E-state index contributed by atoms with van der Waals surface area (Å²) in [7, 11) is 3.81. The van der Waals surface area contributed by atoms with Crippen molar-refractivity contribution in [2.24, 2.45) is 0 Å². The van der Waals surface area contributed by atoms with Gasteiger partial charge in [0.05, 0.1) is 7.11 Å². The molecular formula is C13H19NOS. The highest BCUT2D eigenvalue weighted by atomic mass is 32.2. The zero-order valence-electron chi connectivity index (χ0n) is 10.2. The van der Waals surface area contributed by atoms with Crippen molar-refractivity contribution < 1.29 is 4.74 Å². The van der Waals surface area contributed by atoms with Crippen LogP contribution >= 0.6 is 11.8 Å². The van der Waals surface area contributed by atoms with Crippen LogP contribution < -0.4 is 10.1 Å². The van der Waals surface area contributed by atoms with E-state index >= 15 is 0 Å². The van der Waals surface area contributed by atoms with E-state index in [0.29, 0.717) is 6.04 Å². The normalized spacial score (nSPS) is 19.3. The topological polar surface area (TPSA) is 21.3 Å². The van der Waals surface area contributed by atoms with Crippen LogP contribution in [0.5, 0.6) is 5.75 Å². The van der Waals surface area contributed by atoms with Crippen LogP contribution in [0.4, 0.5) is 0 Å². The predicted molar refractivity (Wildman–Crippen MR) is 69.6 cm³/mol. The van der Waals surface area contributed by atoms with Crippen LogP contribution in [0.3, 0.4) is 0 Å². The molecule has 0 saturated carbocycles. The summed E-state index contributed by atoms with van der Waals surface area (Å²) >= 11 is 1.83. The van der Waals surface area contributed by atoms with Gasteiger partial charge in [-0.3, -0.25) is 0 Å². The third-order valence-electron chi connectivity index (χ3n) is 3.39. The maximum Gasteiger partial charge on any atom is 0.122 e. The second-order valence-corrected chi connectivity index (χ2v) is 5.00. The monoisotopic (exact) mass is 237 g/mol. The molecule has 0 spiro atoms. The van der Waals surface area contributed by atoms with Gasteiger partial charge in [-0.15, -0.1) is 11.8 Å². The molecule has 1 aliphatic rings. The summed E-state index contributed by atoms with van der Waals surface area (Å²) in [6.07, 6.45) is 5.60. The summed E-state index contributed by atoms with van der Waals surface area (Å²) in [6, 6.07) is 4.90. The molecule has 1 N–H and O–H groups in total. The van der Waals surface area contributed by atoms with Gasteiger partial charge in [-0.2, -0.15) is 0 Å². The molecule has 3 heteroatoms. The molecule has 0 fully saturated rings. The molecule has 1 aromatic carbocycles. The molecule has 1 atom stereocenters. The van der Waals surface area contributed by atoms with E-state index in [-0.39, 0.29) is 0 Å². The first-order chi connectivity index (χ1) is 7.80. The summed E-state index contributed by atoms with van der Waals surface area (Å²) < 4.78 is 5.45. The summed E-state index contributed by atoms with van der Waals surface area (Å²) in [4.78, 5) is 1.40. The minimum Gasteiger partial charge on any atom is -0.496 e. The minimum absolute atomic E-state index is 0.616. The van der Waals surface area contributed by atoms with E-state index in [1.54, 1.807) is 7.11 Å². The summed E-state index contributed by atoms with van der Waals surface area (Å²) in [5, 5.41) is 3.38.